The van der Waals surface area contributed by atoms with Crippen LogP contribution in [0.4, 0.5) is 26.7 Å². The Kier molecular flexibility index (Phi) is 11.6. The van der Waals surface area contributed by atoms with Gasteiger partial charge in [-0.25, -0.2) is 18.4 Å². The minimum atomic E-state index is -5.08. The number of piperidine rings is 2. The summed E-state index contributed by atoms with van der Waals surface area (Å²) in [5, 5.41) is 18.2. The molecule has 0 bridgehead atoms. The van der Waals surface area contributed by atoms with Crippen LogP contribution >= 0.6 is 0 Å². The van der Waals surface area contributed by atoms with Gasteiger partial charge < -0.3 is 39.1 Å². The smallest absolute Gasteiger partial charge is 0.475 e. The second-order valence-corrected chi connectivity index (χ2v) is 12.0. The highest BCUT2D eigenvalue weighted by Crippen LogP contribution is 2.28. The minimum Gasteiger partial charge on any atom is -0.475 e. The molecule has 19 heteroatoms. The lowest BCUT2D eigenvalue weighted by atomic mass is 9.98. The number of aromatic amines is 2. The van der Waals surface area contributed by atoms with Crippen molar-refractivity contribution in [2.75, 3.05) is 26.2 Å². The van der Waals surface area contributed by atoms with Gasteiger partial charge in [0.2, 0.25) is 23.4 Å². The number of H-pyrrole nitrogens is 2. The number of nitrogens with zero attached hydrogens (tertiary/aromatic N) is 5. The van der Waals surface area contributed by atoms with Gasteiger partial charge in [-0.15, -0.1) is 0 Å². The summed E-state index contributed by atoms with van der Waals surface area (Å²) in [5.74, 6) is -1.45. The van der Waals surface area contributed by atoms with Gasteiger partial charge in [0.15, 0.2) is 0 Å². The average molecular weight is 687 g/mol. The highest BCUT2D eigenvalue weighted by molar-refractivity contribution is 5.73. The first-order valence-corrected chi connectivity index (χ1v) is 14.9. The number of aliphatic carboxylic acids is 1. The lowest BCUT2D eigenvalue weighted by Crippen LogP contribution is -2.42. The quantitative estimate of drug-likeness (QED) is 0.195. The Morgan fingerprint density at radius 3 is 1.88 bits per heavy atom. The van der Waals surface area contributed by atoms with Crippen molar-refractivity contribution in [3.63, 3.8) is 0 Å². The van der Waals surface area contributed by atoms with Crippen LogP contribution in [0.2, 0.25) is 0 Å². The molecule has 2 saturated heterocycles. The summed E-state index contributed by atoms with van der Waals surface area (Å²) >= 11 is 0. The third-order valence-electron chi connectivity index (χ3n) is 6.97. The highest BCUT2D eigenvalue weighted by Gasteiger charge is 2.38. The molecule has 2 fully saturated rings. The summed E-state index contributed by atoms with van der Waals surface area (Å²) < 4.78 is 73.6. The van der Waals surface area contributed by atoms with Crippen LogP contribution in [0.1, 0.15) is 70.1 Å². The van der Waals surface area contributed by atoms with Gasteiger partial charge >= 0.3 is 18.2 Å². The van der Waals surface area contributed by atoms with Gasteiger partial charge in [-0.2, -0.15) is 23.1 Å². The van der Waals surface area contributed by atoms with Crippen LogP contribution in [-0.2, 0) is 9.53 Å². The number of carbonyl (C=O) groups is 2. The molecule has 0 aliphatic carbocycles. The molecule has 1 amide bonds. The van der Waals surface area contributed by atoms with Crippen molar-refractivity contribution in [2.45, 2.75) is 70.1 Å². The summed E-state index contributed by atoms with van der Waals surface area (Å²) in [6.45, 7) is 8.54. The first-order chi connectivity index (χ1) is 22.6. The van der Waals surface area contributed by atoms with Gasteiger partial charge in [0.05, 0.1) is 23.2 Å². The van der Waals surface area contributed by atoms with E-state index in [-0.39, 0.29) is 29.6 Å². The number of hydrogen-bond donors (Lipinski definition) is 4. The number of rotatable bonds is 4. The third-order valence-corrected chi connectivity index (χ3v) is 6.97. The van der Waals surface area contributed by atoms with Crippen LogP contribution in [0.5, 0.6) is 0 Å². The number of hydrogen-bond acceptors (Lipinski definition) is 10. The summed E-state index contributed by atoms with van der Waals surface area (Å²) in [7, 11) is 0. The maximum atomic E-state index is 13.1. The first kappa shape index (κ1) is 36.0. The Balaban J connectivity index is 0.000000188. The van der Waals surface area contributed by atoms with Crippen LogP contribution in [0.15, 0.2) is 33.6 Å². The lowest BCUT2D eigenvalue weighted by molar-refractivity contribution is -0.192. The average Bonchev–Trinajstić information content (AvgIpc) is 3.85. The van der Waals surface area contributed by atoms with Crippen LogP contribution in [0.25, 0.3) is 23.0 Å². The lowest BCUT2D eigenvalue weighted by Gasteiger charge is -2.32. The van der Waals surface area contributed by atoms with Crippen LogP contribution in [-0.4, -0.2) is 90.3 Å². The Labute approximate surface area is 270 Å². The van der Waals surface area contributed by atoms with Crippen molar-refractivity contribution >= 4 is 12.1 Å². The summed E-state index contributed by atoms with van der Waals surface area (Å²) in [6.07, 6.45) is 0.925. The Bertz CT molecular complexity index is 1640. The molecule has 0 saturated carbocycles. The molecule has 0 aromatic carbocycles. The van der Waals surface area contributed by atoms with E-state index >= 15 is 0 Å². The molecule has 0 radical (unpaired) electrons. The molecule has 2 aliphatic heterocycles. The minimum absolute atomic E-state index is 0.0488. The molecule has 48 heavy (non-hydrogen) atoms. The van der Waals surface area contributed by atoms with Gasteiger partial charge in [0.1, 0.15) is 17.2 Å². The van der Waals surface area contributed by atoms with Crippen LogP contribution < -0.4 is 5.32 Å². The van der Waals surface area contributed by atoms with Gasteiger partial charge in [0, 0.05) is 44.2 Å². The normalized spacial score (nSPS) is 18.3. The van der Waals surface area contributed by atoms with Crippen LogP contribution in [0.3, 0.4) is 0 Å². The van der Waals surface area contributed by atoms with Crippen molar-refractivity contribution in [1.29, 1.82) is 0 Å². The molecule has 6 rings (SSSR count). The molecule has 2 atom stereocenters. The number of alkyl halides is 3. The number of carboxylic acid groups (broad SMARTS) is 1. The van der Waals surface area contributed by atoms with E-state index in [2.05, 4.69) is 35.6 Å². The van der Waals surface area contributed by atoms with E-state index in [1.807, 2.05) is 20.8 Å². The maximum absolute atomic E-state index is 13.1. The van der Waals surface area contributed by atoms with Crippen molar-refractivity contribution in [3.8, 4) is 23.0 Å². The molecular formula is C29H35F5N8O6. The zero-order valence-electron chi connectivity index (χ0n) is 26.2. The molecule has 6 heterocycles. The molecule has 262 valence electrons. The molecule has 4 aromatic heterocycles. The molecule has 0 unspecified atom stereocenters. The Morgan fingerprint density at radius 2 is 1.44 bits per heavy atom. The van der Waals surface area contributed by atoms with Crippen molar-refractivity contribution < 1.29 is 50.4 Å². The molecule has 4 aromatic rings. The van der Waals surface area contributed by atoms with E-state index in [1.165, 1.54) is 24.5 Å². The van der Waals surface area contributed by atoms with Crippen LogP contribution in [0, 0.1) is 11.6 Å². The highest BCUT2D eigenvalue weighted by atomic mass is 19.4. The van der Waals surface area contributed by atoms with Gasteiger partial charge in [-0.1, -0.05) is 10.3 Å². The summed E-state index contributed by atoms with van der Waals surface area (Å²) in [5.41, 5.74) is 0.475. The zero-order valence-corrected chi connectivity index (χ0v) is 26.2. The number of halogens is 5. The van der Waals surface area contributed by atoms with E-state index in [0.717, 1.165) is 38.8 Å². The Morgan fingerprint density at radius 1 is 0.917 bits per heavy atom. The van der Waals surface area contributed by atoms with E-state index < -0.39 is 17.7 Å². The fourth-order valence-corrected chi connectivity index (χ4v) is 4.75. The number of amides is 1. The Hall–Kier alpha value is -4.81. The molecule has 14 nitrogen and oxygen atoms in total. The summed E-state index contributed by atoms with van der Waals surface area (Å²) in [4.78, 5) is 36.9. The number of likely N-dealkylation sites (tertiary alicyclic amines) is 1. The van der Waals surface area contributed by atoms with Crippen molar-refractivity contribution in [2.24, 2.45) is 0 Å². The third kappa shape index (κ3) is 10.3. The SMILES string of the molecule is CC(C)(C)OC(=O)N1CCC[C@H](c2nc(-c3cc(F)c[nH]3)no2)C1.Fc1c[nH]c(-c2noc([C@H]3CCCNC3)n2)c1.O=C(O)C(F)(F)F. The van der Waals surface area contributed by atoms with E-state index in [0.29, 0.717) is 47.9 Å². The summed E-state index contributed by atoms with van der Waals surface area (Å²) in [6, 6.07) is 2.66. The first-order valence-electron chi connectivity index (χ1n) is 14.9. The predicted octanol–water partition coefficient (Wildman–Crippen LogP) is 5.62. The number of nitrogens with one attached hydrogen (secondary N) is 3. The van der Waals surface area contributed by atoms with E-state index in [4.69, 9.17) is 23.7 Å². The largest absolute Gasteiger partial charge is 0.490 e. The second-order valence-electron chi connectivity index (χ2n) is 12.0. The zero-order chi connectivity index (χ0) is 35.1. The predicted molar refractivity (Wildman–Crippen MR) is 156 cm³/mol. The second kappa shape index (κ2) is 15.4. The number of carbonyl (C=O) groups excluding carboxylic acids is 1. The molecule has 4 N–H and O–H groups in total. The fourth-order valence-electron chi connectivity index (χ4n) is 4.75. The van der Waals surface area contributed by atoms with Gasteiger partial charge in [-0.05, 0) is 53.0 Å². The topological polar surface area (TPSA) is 188 Å². The maximum Gasteiger partial charge on any atom is 0.490 e. The van der Waals surface area contributed by atoms with Crippen molar-refractivity contribution in [1.82, 2.24) is 40.5 Å². The number of ether oxygens (including phenoxy) is 1. The number of aromatic nitrogens is 6. The van der Waals surface area contributed by atoms with Gasteiger partial charge in [0.25, 0.3) is 0 Å². The molecule has 0 spiro atoms. The van der Waals surface area contributed by atoms with E-state index in [9.17, 15) is 26.7 Å². The monoisotopic (exact) mass is 686 g/mol. The standard InChI is InChI=1S/C16H21FN4O3.C11H13FN4O.C2HF3O2/c1-16(2,3)23-15(22)21-6-4-5-10(9-21)14-19-13(20-24-14)12-7-11(17)8-18-12;12-8-4-9(14-6-8)10-15-11(17-16-10)7-2-1-3-13-5-7;3-2(4,5)1(6)7/h7-8,10,18H,4-6,9H2,1-3H3;4,6-7,13-14H,1-3,5H2;(H,6,7)/t10-;7-;/m00./s1. The van der Waals surface area contributed by atoms with Gasteiger partial charge in [-0.3, -0.25) is 0 Å². The molecular weight excluding hydrogens is 651 g/mol. The number of carboxylic acids is 1. The molecule has 2 aliphatic rings. The van der Waals surface area contributed by atoms with E-state index in [1.54, 1.807) is 4.90 Å². The van der Waals surface area contributed by atoms with Crippen molar-refractivity contribution in [3.05, 3.63) is 47.9 Å². The fraction of sp³-hybridized carbons (Fsp3) is 0.517.